The highest BCUT2D eigenvalue weighted by atomic mass is 35.5. The van der Waals surface area contributed by atoms with E-state index in [1.165, 1.54) is 0 Å². The summed E-state index contributed by atoms with van der Waals surface area (Å²) in [5, 5.41) is 4.77. The Labute approximate surface area is 106 Å². The van der Waals surface area contributed by atoms with Crippen molar-refractivity contribution >= 4 is 11.6 Å². The van der Waals surface area contributed by atoms with E-state index in [4.69, 9.17) is 11.6 Å². The van der Waals surface area contributed by atoms with Crippen LogP contribution in [0.15, 0.2) is 12.3 Å². The maximum absolute atomic E-state index is 6.08. The number of nitrogens with zero attached hydrogens (tertiary/aromatic N) is 4. The van der Waals surface area contributed by atoms with Gasteiger partial charge in [0, 0.05) is 24.0 Å². The van der Waals surface area contributed by atoms with Crippen molar-refractivity contribution in [1.29, 1.82) is 0 Å². The summed E-state index contributed by atoms with van der Waals surface area (Å²) in [5.74, 6) is 0.643. The molecule has 0 aliphatic carbocycles. The second kappa shape index (κ2) is 4.84. The molecule has 0 saturated carbocycles. The summed E-state index contributed by atoms with van der Waals surface area (Å²) >= 11 is 6.08. The molecule has 2 rings (SSSR count). The molecule has 0 unspecified atom stereocenters. The molecule has 0 amide bonds. The summed E-state index contributed by atoms with van der Waals surface area (Å²) in [5.41, 5.74) is 2.75. The molecule has 17 heavy (non-hydrogen) atoms. The third-order valence-electron chi connectivity index (χ3n) is 2.71. The lowest BCUT2D eigenvalue weighted by atomic mass is 10.2. The monoisotopic (exact) mass is 250 g/mol. The molecule has 2 aromatic rings. The van der Waals surface area contributed by atoms with Gasteiger partial charge in [-0.25, -0.2) is 9.97 Å². The smallest absolute Gasteiger partial charge is 0.179 e. The summed E-state index contributed by atoms with van der Waals surface area (Å²) in [4.78, 5) is 8.77. The third kappa shape index (κ3) is 2.31. The van der Waals surface area contributed by atoms with Gasteiger partial charge >= 0.3 is 0 Å². The van der Waals surface area contributed by atoms with Gasteiger partial charge in [0.25, 0.3) is 0 Å². The van der Waals surface area contributed by atoms with Crippen molar-refractivity contribution in [3.05, 3.63) is 28.7 Å². The molecule has 2 heterocycles. The lowest BCUT2D eigenvalue weighted by Crippen LogP contribution is -2.05. The first-order valence-corrected chi connectivity index (χ1v) is 6.04. The minimum absolute atomic E-state index is 0.511. The number of aromatic nitrogens is 4. The predicted octanol–water partition coefficient (Wildman–Crippen LogP) is 3.02. The molecule has 2 aromatic heterocycles. The molecule has 0 spiro atoms. The Hall–Kier alpha value is -1.42. The van der Waals surface area contributed by atoms with Crippen LogP contribution in [-0.4, -0.2) is 19.7 Å². The quantitative estimate of drug-likeness (QED) is 0.787. The van der Waals surface area contributed by atoms with Gasteiger partial charge in [-0.3, -0.25) is 4.68 Å². The van der Waals surface area contributed by atoms with Crippen molar-refractivity contribution in [3.63, 3.8) is 0 Å². The van der Waals surface area contributed by atoms with Crippen molar-refractivity contribution in [2.75, 3.05) is 0 Å². The van der Waals surface area contributed by atoms with Gasteiger partial charge in [-0.05, 0) is 26.3 Å². The van der Waals surface area contributed by atoms with Gasteiger partial charge in [-0.1, -0.05) is 18.5 Å². The zero-order chi connectivity index (χ0) is 12.4. The average Bonchev–Trinajstić information content (AvgIpc) is 2.74. The summed E-state index contributed by atoms with van der Waals surface area (Å²) in [6.45, 7) is 6.83. The summed E-state index contributed by atoms with van der Waals surface area (Å²) in [6.07, 6.45) is 2.78. The zero-order valence-electron chi connectivity index (χ0n) is 10.2. The fourth-order valence-corrected chi connectivity index (χ4v) is 1.84. The van der Waals surface area contributed by atoms with Crippen LogP contribution < -0.4 is 0 Å². The molecule has 0 fully saturated rings. The van der Waals surface area contributed by atoms with Gasteiger partial charge in [-0.2, -0.15) is 5.10 Å². The van der Waals surface area contributed by atoms with Crippen LogP contribution in [0, 0.1) is 13.8 Å². The fraction of sp³-hybridized carbons (Fsp3) is 0.417. The number of aryl methyl sites for hydroxylation is 2. The van der Waals surface area contributed by atoms with E-state index >= 15 is 0 Å². The van der Waals surface area contributed by atoms with Gasteiger partial charge in [-0.15, -0.1) is 0 Å². The second-order valence-corrected chi connectivity index (χ2v) is 4.35. The van der Waals surface area contributed by atoms with Gasteiger partial charge in [0.1, 0.15) is 10.8 Å². The Balaban J connectivity index is 2.49. The molecular formula is C12H15ClN4. The Kier molecular flexibility index (Phi) is 3.43. The number of hydrogen-bond acceptors (Lipinski definition) is 3. The van der Waals surface area contributed by atoms with E-state index in [0.717, 1.165) is 29.9 Å². The average molecular weight is 251 g/mol. The first-order chi connectivity index (χ1) is 8.13. The minimum atomic E-state index is 0.511. The molecule has 0 saturated heterocycles. The first-order valence-electron chi connectivity index (χ1n) is 5.66. The minimum Gasteiger partial charge on any atom is -0.262 e. The molecule has 0 radical (unpaired) electrons. The Morgan fingerprint density at radius 3 is 2.71 bits per heavy atom. The van der Waals surface area contributed by atoms with Crippen LogP contribution in [0.4, 0.5) is 0 Å². The van der Waals surface area contributed by atoms with Crippen molar-refractivity contribution < 1.29 is 0 Å². The highest BCUT2D eigenvalue weighted by Crippen LogP contribution is 2.21. The van der Waals surface area contributed by atoms with Crippen LogP contribution in [0.25, 0.3) is 11.5 Å². The molecule has 0 N–H and O–H groups in total. The Morgan fingerprint density at radius 1 is 1.29 bits per heavy atom. The summed E-state index contributed by atoms with van der Waals surface area (Å²) in [7, 11) is 0. The molecular weight excluding hydrogens is 236 g/mol. The van der Waals surface area contributed by atoms with E-state index in [1.54, 1.807) is 6.20 Å². The van der Waals surface area contributed by atoms with Gasteiger partial charge in [0.05, 0.1) is 0 Å². The van der Waals surface area contributed by atoms with E-state index in [1.807, 2.05) is 24.6 Å². The molecule has 0 bridgehead atoms. The lowest BCUT2D eigenvalue weighted by molar-refractivity contribution is 0.606. The number of hydrogen-bond donors (Lipinski definition) is 0. The third-order valence-corrected chi connectivity index (χ3v) is 3.08. The molecule has 0 aliphatic rings. The van der Waals surface area contributed by atoms with Crippen LogP contribution in [-0.2, 0) is 6.54 Å². The maximum atomic E-state index is 6.08. The summed E-state index contributed by atoms with van der Waals surface area (Å²) < 4.78 is 1.90. The topological polar surface area (TPSA) is 43.6 Å². The molecule has 5 heteroatoms. The lowest BCUT2D eigenvalue weighted by Gasteiger charge is -2.07. The summed E-state index contributed by atoms with van der Waals surface area (Å²) in [6, 6.07) is 1.91. The molecule has 0 aliphatic heterocycles. The standard InChI is InChI=1S/C12H15ClN4/c1-4-7-17-10(5-6-14-17)12-15-9(3)8(2)11(13)16-12/h5-6H,4,7H2,1-3H3. The van der Waals surface area contributed by atoms with E-state index in [2.05, 4.69) is 22.0 Å². The highest BCUT2D eigenvalue weighted by molar-refractivity contribution is 6.30. The Bertz CT molecular complexity index is 510. The molecule has 0 atom stereocenters. The largest absolute Gasteiger partial charge is 0.262 e. The number of halogens is 1. The molecule has 90 valence electrons. The van der Waals surface area contributed by atoms with Crippen molar-refractivity contribution in [2.24, 2.45) is 0 Å². The van der Waals surface area contributed by atoms with E-state index in [9.17, 15) is 0 Å². The van der Waals surface area contributed by atoms with E-state index in [0.29, 0.717) is 11.0 Å². The van der Waals surface area contributed by atoms with Gasteiger partial charge < -0.3 is 0 Å². The Morgan fingerprint density at radius 2 is 2.06 bits per heavy atom. The first kappa shape index (κ1) is 12.0. The normalized spacial score (nSPS) is 10.8. The molecule has 4 nitrogen and oxygen atoms in total. The van der Waals surface area contributed by atoms with Gasteiger partial charge in [0.15, 0.2) is 5.82 Å². The van der Waals surface area contributed by atoms with E-state index < -0.39 is 0 Å². The predicted molar refractivity (Wildman–Crippen MR) is 68.0 cm³/mol. The maximum Gasteiger partial charge on any atom is 0.179 e. The fourth-order valence-electron chi connectivity index (χ4n) is 1.62. The van der Waals surface area contributed by atoms with E-state index in [-0.39, 0.29) is 0 Å². The van der Waals surface area contributed by atoms with Crippen molar-refractivity contribution in [2.45, 2.75) is 33.7 Å². The van der Waals surface area contributed by atoms with Gasteiger partial charge in [0.2, 0.25) is 0 Å². The van der Waals surface area contributed by atoms with Crippen LogP contribution in [0.1, 0.15) is 24.6 Å². The molecule has 0 aromatic carbocycles. The van der Waals surface area contributed by atoms with Crippen LogP contribution in [0.3, 0.4) is 0 Å². The highest BCUT2D eigenvalue weighted by Gasteiger charge is 2.11. The number of rotatable bonds is 3. The SMILES string of the molecule is CCCn1nccc1-c1nc(C)c(C)c(Cl)n1. The van der Waals surface area contributed by atoms with Crippen molar-refractivity contribution in [3.8, 4) is 11.5 Å². The second-order valence-electron chi connectivity index (χ2n) is 3.99. The van der Waals surface area contributed by atoms with Crippen molar-refractivity contribution in [1.82, 2.24) is 19.7 Å². The zero-order valence-corrected chi connectivity index (χ0v) is 11.0. The van der Waals surface area contributed by atoms with Crippen LogP contribution >= 0.6 is 11.6 Å². The van der Waals surface area contributed by atoms with Crippen LogP contribution in [0.2, 0.25) is 5.15 Å². The van der Waals surface area contributed by atoms with Crippen LogP contribution in [0.5, 0.6) is 0 Å².